The van der Waals surface area contributed by atoms with Crippen molar-refractivity contribution >= 4 is 39.6 Å². The average molecular weight is 492 g/mol. The van der Waals surface area contributed by atoms with Crippen molar-refractivity contribution < 1.29 is 18.7 Å². The van der Waals surface area contributed by atoms with E-state index in [9.17, 15) is 14.0 Å². The molecule has 0 spiro atoms. The minimum atomic E-state index is -0.534. The zero-order valence-electron chi connectivity index (χ0n) is 16.8. The Labute approximate surface area is 187 Å². The van der Waals surface area contributed by atoms with Crippen molar-refractivity contribution in [2.75, 3.05) is 28.7 Å². The molecule has 2 aromatic rings. The van der Waals surface area contributed by atoms with Crippen molar-refractivity contribution in [3.8, 4) is 11.3 Å². The number of aromatic nitrogens is 2. The summed E-state index contributed by atoms with van der Waals surface area (Å²) in [6.07, 6.45) is 4.18. The number of carbonyl (C=O) groups is 2. The number of amides is 2. The van der Waals surface area contributed by atoms with E-state index in [0.717, 1.165) is 31.9 Å². The Kier molecular flexibility index (Phi) is 6.64. The van der Waals surface area contributed by atoms with Gasteiger partial charge in [0.2, 0.25) is 11.9 Å². The maximum atomic E-state index is 14.5. The van der Waals surface area contributed by atoms with Gasteiger partial charge in [-0.25, -0.2) is 19.2 Å². The number of nitrogens with zero attached hydrogens (tertiary/aromatic N) is 3. The molecule has 2 heterocycles. The van der Waals surface area contributed by atoms with Gasteiger partial charge in [0.1, 0.15) is 12.3 Å². The van der Waals surface area contributed by atoms with Gasteiger partial charge in [-0.15, -0.1) is 0 Å². The van der Waals surface area contributed by atoms with Crippen molar-refractivity contribution in [3.63, 3.8) is 0 Å². The molecule has 8 nitrogen and oxygen atoms in total. The van der Waals surface area contributed by atoms with Gasteiger partial charge in [-0.3, -0.25) is 9.69 Å². The number of ether oxygens (including phenoxy) is 1. The first-order valence-corrected chi connectivity index (χ1v) is 11.3. The Bertz CT molecular complexity index is 968. The van der Waals surface area contributed by atoms with Crippen LogP contribution in [0.2, 0.25) is 0 Å². The Hall–Kier alpha value is -2.75. The number of nitrogens with one attached hydrogen (secondary N) is 2. The fourth-order valence-electron chi connectivity index (χ4n) is 3.92. The summed E-state index contributed by atoms with van der Waals surface area (Å²) in [5, 5.41) is 6.58. The van der Waals surface area contributed by atoms with E-state index in [1.165, 1.54) is 4.90 Å². The van der Waals surface area contributed by atoms with Gasteiger partial charge < -0.3 is 15.4 Å². The number of rotatable bonds is 6. The second-order valence-corrected chi connectivity index (χ2v) is 8.16. The normalized spacial score (nSPS) is 21.0. The lowest BCUT2D eigenvalue weighted by Gasteiger charge is -2.29. The van der Waals surface area contributed by atoms with Crippen molar-refractivity contribution in [2.45, 2.75) is 37.8 Å². The SMILES string of the molecule is O=C(CBr)NC1CCC(Nc2ncc(F)c(-c3cccc(N4CCOC4=O)c3)n2)CC1. The van der Waals surface area contributed by atoms with Crippen LogP contribution in [-0.4, -0.2) is 52.5 Å². The summed E-state index contributed by atoms with van der Waals surface area (Å²) < 4.78 is 19.5. The predicted octanol–water partition coefficient (Wildman–Crippen LogP) is 3.47. The van der Waals surface area contributed by atoms with Crippen LogP contribution in [0.5, 0.6) is 0 Å². The Morgan fingerprint density at radius 2 is 2.03 bits per heavy atom. The minimum Gasteiger partial charge on any atom is -0.447 e. The van der Waals surface area contributed by atoms with Gasteiger partial charge in [0.15, 0.2) is 5.82 Å². The van der Waals surface area contributed by atoms with Crippen molar-refractivity contribution in [1.29, 1.82) is 0 Å². The first-order valence-electron chi connectivity index (χ1n) is 10.2. The second kappa shape index (κ2) is 9.59. The zero-order chi connectivity index (χ0) is 21.8. The fourth-order valence-corrected chi connectivity index (χ4v) is 4.08. The number of hydrogen-bond acceptors (Lipinski definition) is 6. The molecule has 0 bridgehead atoms. The quantitative estimate of drug-likeness (QED) is 0.600. The number of halogens is 2. The van der Waals surface area contributed by atoms with E-state index in [4.69, 9.17) is 4.74 Å². The topological polar surface area (TPSA) is 96.5 Å². The fraction of sp³-hybridized carbons (Fsp3) is 0.429. The molecule has 164 valence electrons. The molecule has 2 N–H and O–H groups in total. The molecule has 2 amide bonds. The number of alkyl halides is 1. The molecule has 1 aliphatic heterocycles. The van der Waals surface area contributed by atoms with Gasteiger partial charge in [-0.2, -0.15) is 0 Å². The predicted molar refractivity (Wildman–Crippen MR) is 118 cm³/mol. The lowest BCUT2D eigenvalue weighted by atomic mass is 9.91. The first-order chi connectivity index (χ1) is 15.0. The van der Waals surface area contributed by atoms with Crippen LogP contribution < -0.4 is 15.5 Å². The van der Waals surface area contributed by atoms with Crippen molar-refractivity contribution in [2.24, 2.45) is 0 Å². The van der Waals surface area contributed by atoms with Crippen LogP contribution in [-0.2, 0) is 9.53 Å². The molecule has 4 rings (SSSR count). The van der Waals surface area contributed by atoms with Gasteiger partial charge in [0, 0.05) is 23.3 Å². The Morgan fingerprint density at radius 3 is 2.74 bits per heavy atom. The van der Waals surface area contributed by atoms with Gasteiger partial charge in [0.05, 0.1) is 18.1 Å². The van der Waals surface area contributed by atoms with Crippen LogP contribution in [0.3, 0.4) is 0 Å². The van der Waals surface area contributed by atoms with E-state index < -0.39 is 11.9 Å². The van der Waals surface area contributed by atoms with E-state index in [2.05, 4.69) is 36.5 Å². The summed E-state index contributed by atoms with van der Waals surface area (Å²) in [6.45, 7) is 0.793. The highest BCUT2D eigenvalue weighted by Gasteiger charge is 2.25. The summed E-state index contributed by atoms with van der Waals surface area (Å²) in [5.41, 5.74) is 1.36. The van der Waals surface area contributed by atoms with Crippen LogP contribution in [0.15, 0.2) is 30.5 Å². The van der Waals surface area contributed by atoms with E-state index in [1.807, 2.05) is 0 Å². The Balaban J connectivity index is 1.45. The molecule has 0 unspecified atom stereocenters. The third-order valence-electron chi connectivity index (χ3n) is 5.48. The molecular weight excluding hydrogens is 469 g/mol. The summed E-state index contributed by atoms with van der Waals surface area (Å²) in [7, 11) is 0. The van der Waals surface area contributed by atoms with Crippen LogP contribution in [0.4, 0.5) is 20.8 Å². The number of hydrogen-bond donors (Lipinski definition) is 2. The maximum Gasteiger partial charge on any atom is 0.414 e. The smallest absolute Gasteiger partial charge is 0.414 e. The number of benzene rings is 1. The number of cyclic esters (lactones) is 1. The van der Waals surface area contributed by atoms with Crippen molar-refractivity contribution in [1.82, 2.24) is 15.3 Å². The highest BCUT2D eigenvalue weighted by Crippen LogP contribution is 2.28. The summed E-state index contributed by atoms with van der Waals surface area (Å²) in [6, 6.07) is 7.33. The first kappa shape index (κ1) is 21.5. The highest BCUT2D eigenvalue weighted by molar-refractivity contribution is 9.09. The molecule has 2 fully saturated rings. The van der Waals surface area contributed by atoms with Gasteiger partial charge in [-0.1, -0.05) is 28.1 Å². The third kappa shape index (κ3) is 5.12. The van der Waals surface area contributed by atoms with E-state index in [-0.39, 0.29) is 23.7 Å². The largest absolute Gasteiger partial charge is 0.447 e. The molecule has 1 aromatic heterocycles. The molecule has 0 radical (unpaired) electrons. The minimum absolute atomic E-state index is 0.00709. The van der Waals surface area contributed by atoms with E-state index in [0.29, 0.717) is 35.7 Å². The van der Waals surface area contributed by atoms with Gasteiger partial charge >= 0.3 is 6.09 Å². The molecule has 2 aliphatic rings. The monoisotopic (exact) mass is 491 g/mol. The van der Waals surface area contributed by atoms with Gasteiger partial charge in [-0.05, 0) is 37.8 Å². The molecule has 10 heteroatoms. The van der Waals surface area contributed by atoms with Crippen LogP contribution in [0.25, 0.3) is 11.3 Å². The van der Waals surface area contributed by atoms with Gasteiger partial charge in [0.25, 0.3) is 0 Å². The van der Waals surface area contributed by atoms with Crippen LogP contribution in [0.1, 0.15) is 25.7 Å². The molecule has 1 aliphatic carbocycles. The lowest BCUT2D eigenvalue weighted by Crippen LogP contribution is -2.40. The van der Waals surface area contributed by atoms with E-state index >= 15 is 0 Å². The lowest BCUT2D eigenvalue weighted by molar-refractivity contribution is -0.119. The van der Waals surface area contributed by atoms with E-state index in [1.54, 1.807) is 24.3 Å². The zero-order valence-corrected chi connectivity index (χ0v) is 18.4. The third-order valence-corrected chi connectivity index (χ3v) is 5.99. The second-order valence-electron chi connectivity index (χ2n) is 7.60. The molecule has 31 heavy (non-hydrogen) atoms. The summed E-state index contributed by atoms with van der Waals surface area (Å²) in [4.78, 5) is 33.4. The highest BCUT2D eigenvalue weighted by atomic mass is 79.9. The Morgan fingerprint density at radius 1 is 1.26 bits per heavy atom. The van der Waals surface area contributed by atoms with Crippen LogP contribution in [0, 0.1) is 5.82 Å². The van der Waals surface area contributed by atoms with Crippen LogP contribution >= 0.6 is 15.9 Å². The standard InChI is InChI=1S/C21H23BrFN5O3/c22-11-18(29)25-14-4-6-15(7-5-14)26-20-24-12-17(23)19(27-20)13-2-1-3-16(10-13)28-8-9-31-21(28)30/h1-3,10,12,14-15H,4-9,11H2,(H,25,29)(H,24,26,27). The summed E-state index contributed by atoms with van der Waals surface area (Å²) >= 11 is 3.16. The molecule has 1 aromatic carbocycles. The maximum absolute atomic E-state index is 14.5. The molecule has 1 saturated carbocycles. The molecular formula is C21H23BrFN5O3. The molecule has 1 saturated heterocycles. The summed E-state index contributed by atoms with van der Waals surface area (Å²) in [5.74, 6) is -0.185. The molecule has 0 atom stereocenters. The average Bonchev–Trinajstić information content (AvgIpc) is 3.22. The van der Waals surface area contributed by atoms with Crippen molar-refractivity contribution in [3.05, 3.63) is 36.3 Å². The number of anilines is 2. The number of carbonyl (C=O) groups excluding carboxylic acids is 2.